The quantitative estimate of drug-likeness (QED) is 0.718. The minimum Gasteiger partial charge on any atom is -0.494 e. The number of likely N-dealkylation sites (tertiary alicyclic amines) is 1. The van der Waals surface area contributed by atoms with Gasteiger partial charge in [0.15, 0.2) is 0 Å². The van der Waals surface area contributed by atoms with Crippen molar-refractivity contribution in [1.29, 1.82) is 0 Å². The predicted octanol–water partition coefficient (Wildman–Crippen LogP) is 3.54. The maximum atomic E-state index is 12.9. The van der Waals surface area contributed by atoms with E-state index < -0.39 is 5.92 Å². The Labute approximate surface area is 187 Å². The number of hydrogen-bond acceptors (Lipinski definition) is 5. The van der Waals surface area contributed by atoms with E-state index in [0.29, 0.717) is 35.0 Å². The molecular formula is C24H29N3O5. The van der Waals surface area contributed by atoms with Gasteiger partial charge >= 0.3 is 0 Å². The van der Waals surface area contributed by atoms with E-state index in [0.717, 1.165) is 0 Å². The number of nitrogens with zero attached hydrogens (tertiary/aromatic N) is 1. The third-order valence-corrected chi connectivity index (χ3v) is 5.37. The number of benzene rings is 2. The van der Waals surface area contributed by atoms with E-state index in [1.165, 1.54) is 14.2 Å². The minimum absolute atomic E-state index is 0.0406. The number of rotatable bonds is 6. The highest BCUT2D eigenvalue weighted by molar-refractivity contribution is 6.06. The fourth-order valence-corrected chi connectivity index (χ4v) is 3.64. The standard InChI is InChI=1S/C24H29N3O5/c1-24(2,3)27-14-16(11-21(27)28)23(30)26-18-13-19(31-4)17(12-20(18)32-5)25-22(29)15-9-7-6-8-10-15/h6-10,12-13,16H,11,14H2,1-5H3,(H,25,29)(H,26,30)/t16-/m0/s1. The van der Waals surface area contributed by atoms with Crippen LogP contribution in [-0.4, -0.2) is 48.9 Å². The van der Waals surface area contributed by atoms with Crippen LogP contribution in [0.3, 0.4) is 0 Å². The summed E-state index contributed by atoms with van der Waals surface area (Å²) in [7, 11) is 2.95. The van der Waals surface area contributed by atoms with Gasteiger partial charge in [0, 0.05) is 36.2 Å². The van der Waals surface area contributed by atoms with Crippen molar-refractivity contribution in [3.63, 3.8) is 0 Å². The average Bonchev–Trinajstić information content (AvgIpc) is 3.17. The van der Waals surface area contributed by atoms with Gasteiger partial charge in [-0.25, -0.2) is 0 Å². The predicted molar refractivity (Wildman–Crippen MR) is 122 cm³/mol. The molecule has 2 N–H and O–H groups in total. The molecule has 1 aliphatic rings. The third-order valence-electron chi connectivity index (χ3n) is 5.37. The Balaban J connectivity index is 1.80. The van der Waals surface area contributed by atoms with Crippen molar-refractivity contribution in [3.05, 3.63) is 48.0 Å². The Kier molecular flexibility index (Phi) is 6.72. The molecule has 0 aliphatic carbocycles. The third kappa shape index (κ3) is 5.01. The second-order valence-corrected chi connectivity index (χ2v) is 8.64. The summed E-state index contributed by atoms with van der Waals surface area (Å²) in [6.07, 6.45) is 0.160. The molecular weight excluding hydrogens is 410 g/mol. The SMILES string of the molecule is COc1cc(NC(=O)[C@H]2CC(=O)N(C(C)(C)C)C2)c(OC)cc1NC(=O)c1ccccc1. The van der Waals surface area contributed by atoms with Gasteiger partial charge in [-0.3, -0.25) is 14.4 Å². The minimum atomic E-state index is -0.463. The summed E-state index contributed by atoms with van der Waals surface area (Å²) in [5, 5.41) is 5.66. The lowest BCUT2D eigenvalue weighted by Crippen LogP contribution is -2.42. The fraction of sp³-hybridized carbons (Fsp3) is 0.375. The summed E-state index contributed by atoms with van der Waals surface area (Å²) >= 11 is 0. The zero-order valence-electron chi connectivity index (χ0n) is 19.0. The van der Waals surface area contributed by atoms with Crippen LogP contribution < -0.4 is 20.1 Å². The zero-order chi connectivity index (χ0) is 23.5. The summed E-state index contributed by atoms with van der Waals surface area (Å²) in [5.74, 6) is -0.347. The zero-order valence-corrected chi connectivity index (χ0v) is 19.0. The number of hydrogen-bond donors (Lipinski definition) is 2. The first-order chi connectivity index (χ1) is 15.1. The molecule has 0 radical (unpaired) electrons. The summed E-state index contributed by atoms with van der Waals surface area (Å²) < 4.78 is 10.9. The molecule has 1 saturated heterocycles. The molecule has 8 heteroatoms. The van der Waals surface area contributed by atoms with Gasteiger partial charge in [-0.15, -0.1) is 0 Å². The number of nitrogens with one attached hydrogen (secondary N) is 2. The molecule has 1 fully saturated rings. The second-order valence-electron chi connectivity index (χ2n) is 8.64. The van der Waals surface area contributed by atoms with Gasteiger partial charge in [-0.2, -0.15) is 0 Å². The number of anilines is 2. The number of amides is 3. The van der Waals surface area contributed by atoms with Gasteiger partial charge in [0.25, 0.3) is 5.91 Å². The van der Waals surface area contributed by atoms with Crippen LogP contribution in [0.2, 0.25) is 0 Å². The van der Waals surface area contributed by atoms with Crippen LogP contribution in [0.5, 0.6) is 11.5 Å². The number of carbonyl (C=O) groups excluding carboxylic acids is 3. The highest BCUT2D eigenvalue weighted by Gasteiger charge is 2.39. The topological polar surface area (TPSA) is 97.0 Å². The van der Waals surface area contributed by atoms with Crippen molar-refractivity contribution >= 4 is 29.1 Å². The summed E-state index contributed by atoms with van der Waals surface area (Å²) in [4.78, 5) is 39.5. The molecule has 1 aliphatic heterocycles. The molecule has 0 aromatic heterocycles. The molecule has 2 aromatic carbocycles. The highest BCUT2D eigenvalue weighted by atomic mass is 16.5. The van der Waals surface area contributed by atoms with Crippen LogP contribution >= 0.6 is 0 Å². The lowest BCUT2D eigenvalue weighted by Gasteiger charge is -2.32. The monoisotopic (exact) mass is 439 g/mol. The van der Waals surface area contributed by atoms with E-state index in [-0.39, 0.29) is 29.7 Å². The smallest absolute Gasteiger partial charge is 0.255 e. The largest absolute Gasteiger partial charge is 0.494 e. The lowest BCUT2D eigenvalue weighted by atomic mass is 10.1. The second kappa shape index (κ2) is 9.30. The maximum Gasteiger partial charge on any atom is 0.255 e. The van der Waals surface area contributed by atoms with Crippen molar-refractivity contribution in [2.24, 2.45) is 5.92 Å². The van der Waals surface area contributed by atoms with E-state index in [2.05, 4.69) is 10.6 Å². The lowest BCUT2D eigenvalue weighted by molar-refractivity contribution is -0.131. The van der Waals surface area contributed by atoms with Gasteiger partial charge in [-0.05, 0) is 32.9 Å². The first-order valence-corrected chi connectivity index (χ1v) is 10.4. The molecule has 3 rings (SSSR count). The molecule has 0 saturated carbocycles. The normalized spacial score (nSPS) is 16.0. The molecule has 1 atom stereocenters. The molecule has 170 valence electrons. The first kappa shape index (κ1) is 23.1. The molecule has 2 aromatic rings. The Morgan fingerprint density at radius 1 is 0.969 bits per heavy atom. The Bertz CT molecular complexity index is 1010. The van der Waals surface area contributed by atoms with Crippen molar-refractivity contribution in [3.8, 4) is 11.5 Å². The molecule has 0 bridgehead atoms. The van der Waals surface area contributed by atoms with E-state index in [4.69, 9.17) is 9.47 Å². The fourth-order valence-electron chi connectivity index (χ4n) is 3.64. The van der Waals surface area contributed by atoms with Crippen molar-refractivity contribution in [2.75, 3.05) is 31.4 Å². The van der Waals surface area contributed by atoms with Gasteiger partial charge in [0.05, 0.1) is 31.5 Å². The molecule has 0 spiro atoms. The van der Waals surface area contributed by atoms with Gasteiger partial charge in [0.1, 0.15) is 11.5 Å². The van der Waals surface area contributed by atoms with E-state index >= 15 is 0 Å². The van der Waals surface area contributed by atoms with Crippen LogP contribution in [0, 0.1) is 5.92 Å². The molecule has 32 heavy (non-hydrogen) atoms. The van der Waals surface area contributed by atoms with E-state index in [1.807, 2.05) is 26.8 Å². The van der Waals surface area contributed by atoms with Gasteiger partial charge < -0.3 is 25.0 Å². The van der Waals surface area contributed by atoms with Crippen molar-refractivity contribution in [1.82, 2.24) is 4.90 Å². The van der Waals surface area contributed by atoms with Gasteiger partial charge in [-0.1, -0.05) is 18.2 Å². The van der Waals surface area contributed by atoms with Gasteiger partial charge in [0.2, 0.25) is 11.8 Å². The number of carbonyl (C=O) groups is 3. The first-order valence-electron chi connectivity index (χ1n) is 10.4. The number of ether oxygens (including phenoxy) is 2. The summed E-state index contributed by atoms with van der Waals surface area (Å²) in [5.41, 5.74) is 0.964. The van der Waals surface area contributed by atoms with Crippen LogP contribution in [0.25, 0.3) is 0 Å². The molecule has 1 heterocycles. The van der Waals surface area contributed by atoms with Crippen LogP contribution in [0.1, 0.15) is 37.6 Å². The summed E-state index contributed by atoms with van der Waals surface area (Å²) in [6.45, 7) is 6.20. The summed E-state index contributed by atoms with van der Waals surface area (Å²) in [6, 6.07) is 12.0. The van der Waals surface area contributed by atoms with Crippen LogP contribution in [-0.2, 0) is 9.59 Å². The molecule has 8 nitrogen and oxygen atoms in total. The maximum absolute atomic E-state index is 12.9. The Morgan fingerprint density at radius 3 is 2.03 bits per heavy atom. The Morgan fingerprint density at radius 2 is 1.53 bits per heavy atom. The molecule has 0 unspecified atom stereocenters. The average molecular weight is 440 g/mol. The number of methoxy groups -OCH3 is 2. The molecule has 3 amide bonds. The highest BCUT2D eigenvalue weighted by Crippen LogP contribution is 2.37. The van der Waals surface area contributed by atoms with E-state index in [1.54, 1.807) is 41.3 Å². The van der Waals surface area contributed by atoms with Crippen LogP contribution in [0.15, 0.2) is 42.5 Å². The van der Waals surface area contributed by atoms with Crippen molar-refractivity contribution < 1.29 is 23.9 Å². The van der Waals surface area contributed by atoms with E-state index in [9.17, 15) is 14.4 Å². The van der Waals surface area contributed by atoms with Crippen LogP contribution in [0.4, 0.5) is 11.4 Å². The Hall–Kier alpha value is -3.55. The van der Waals surface area contributed by atoms with Crippen molar-refractivity contribution in [2.45, 2.75) is 32.7 Å².